The van der Waals surface area contributed by atoms with Crippen molar-refractivity contribution in [1.82, 2.24) is 4.90 Å². The minimum Gasteiger partial charge on any atom is -0.507 e. The van der Waals surface area contributed by atoms with Crippen LogP contribution in [0.5, 0.6) is 5.75 Å². The summed E-state index contributed by atoms with van der Waals surface area (Å²) in [6.45, 7) is 13.5. The van der Waals surface area contributed by atoms with Gasteiger partial charge in [0.2, 0.25) is 0 Å². The van der Waals surface area contributed by atoms with Crippen LogP contribution in [0.2, 0.25) is 0 Å². The van der Waals surface area contributed by atoms with Gasteiger partial charge in [-0.05, 0) is 58.1 Å². The highest BCUT2D eigenvalue weighted by molar-refractivity contribution is 5.91. The summed E-state index contributed by atoms with van der Waals surface area (Å²) in [5.41, 5.74) is 0.592. The molecule has 23 heavy (non-hydrogen) atoms. The number of carboxylic acids is 1. The number of likely N-dealkylation sites (tertiary alicyclic amines) is 1. The van der Waals surface area contributed by atoms with Gasteiger partial charge in [0, 0.05) is 17.6 Å². The molecular weight excluding hydrogens is 290 g/mol. The largest absolute Gasteiger partial charge is 0.507 e. The van der Waals surface area contributed by atoms with Gasteiger partial charge in [-0.3, -0.25) is 4.90 Å². The molecule has 4 nitrogen and oxygen atoms in total. The maximum atomic E-state index is 11.3. The first kappa shape index (κ1) is 17.5. The molecule has 1 aliphatic heterocycles. The third-order valence-corrected chi connectivity index (χ3v) is 5.00. The molecular formula is C19H27NO3. The molecule has 2 N–H and O–H groups in total. The molecule has 4 heteroatoms. The lowest BCUT2D eigenvalue weighted by molar-refractivity contribution is -0.0265. The molecule has 0 bridgehead atoms. The Morgan fingerprint density at radius 2 is 1.87 bits per heavy atom. The highest BCUT2D eigenvalue weighted by atomic mass is 16.4. The van der Waals surface area contributed by atoms with Crippen molar-refractivity contribution in [1.29, 1.82) is 0 Å². The van der Waals surface area contributed by atoms with E-state index in [0.717, 1.165) is 24.9 Å². The molecule has 0 saturated carbocycles. The molecule has 1 aromatic rings. The van der Waals surface area contributed by atoms with Gasteiger partial charge in [-0.2, -0.15) is 0 Å². The SMILES string of the molecule is C=CCN1C(C)(C)CC(c2cccc(C(=O)O)c2O)CC1(C)C. The number of hydrogen-bond donors (Lipinski definition) is 2. The van der Waals surface area contributed by atoms with Crippen LogP contribution in [0.1, 0.15) is 62.4 Å². The van der Waals surface area contributed by atoms with E-state index in [1.807, 2.05) is 12.1 Å². The molecule has 0 aromatic heterocycles. The summed E-state index contributed by atoms with van der Waals surface area (Å²) in [6.07, 6.45) is 3.65. The van der Waals surface area contributed by atoms with Gasteiger partial charge in [0.1, 0.15) is 11.3 Å². The van der Waals surface area contributed by atoms with Gasteiger partial charge < -0.3 is 10.2 Å². The van der Waals surface area contributed by atoms with Gasteiger partial charge in [0.25, 0.3) is 0 Å². The van der Waals surface area contributed by atoms with Crippen molar-refractivity contribution >= 4 is 5.97 Å². The molecule has 1 heterocycles. The second kappa shape index (κ2) is 6.00. The van der Waals surface area contributed by atoms with E-state index < -0.39 is 5.97 Å². The van der Waals surface area contributed by atoms with Gasteiger partial charge >= 0.3 is 5.97 Å². The standard InChI is InChI=1S/C19H27NO3/c1-6-10-20-18(2,3)11-13(12-19(20,4)5)14-8-7-9-15(16(14)21)17(22)23/h6-9,13,21H,1,10-12H2,2-5H3,(H,22,23). The van der Waals surface area contributed by atoms with Crippen molar-refractivity contribution in [2.45, 2.75) is 57.5 Å². The summed E-state index contributed by atoms with van der Waals surface area (Å²) in [6, 6.07) is 5.01. The van der Waals surface area contributed by atoms with Gasteiger partial charge in [-0.1, -0.05) is 18.2 Å². The summed E-state index contributed by atoms with van der Waals surface area (Å²) in [5.74, 6) is -1.05. The fourth-order valence-corrected chi connectivity index (χ4v) is 4.22. The molecule has 1 fully saturated rings. The molecule has 0 aliphatic carbocycles. The van der Waals surface area contributed by atoms with Gasteiger partial charge in [0.05, 0.1) is 0 Å². The first-order chi connectivity index (χ1) is 10.6. The lowest BCUT2D eigenvalue weighted by atomic mass is 9.71. The van der Waals surface area contributed by atoms with E-state index in [0.29, 0.717) is 0 Å². The van der Waals surface area contributed by atoms with Crippen LogP contribution >= 0.6 is 0 Å². The van der Waals surface area contributed by atoms with Crippen LogP contribution in [0.3, 0.4) is 0 Å². The fraction of sp³-hybridized carbons (Fsp3) is 0.526. The first-order valence-electron chi connectivity index (χ1n) is 8.04. The normalized spacial score (nSPS) is 21.0. The summed E-state index contributed by atoms with van der Waals surface area (Å²) in [5, 5.41) is 19.6. The molecule has 0 unspecified atom stereocenters. The number of carboxylic acid groups (broad SMARTS) is 1. The summed E-state index contributed by atoms with van der Waals surface area (Å²) >= 11 is 0. The van der Waals surface area contributed by atoms with E-state index in [1.54, 1.807) is 6.07 Å². The number of carbonyl (C=O) groups is 1. The number of piperidine rings is 1. The number of phenols is 1. The van der Waals surface area contributed by atoms with Crippen LogP contribution in [-0.4, -0.2) is 38.7 Å². The summed E-state index contributed by atoms with van der Waals surface area (Å²) < 4.78 is 0. The van der Waals surface area contributed by atoms with E-state index >= 15 is 0 Å². The summed E-state index contributed by atoms with van der Waals surface area (Å²) in [7, 11) is 0. The molecule has 2 rings (SSSR count). The van der Waals surface area contributed by atoms with Crippen molar-refractivity contribution in [3.63, 3.8) is 0 Å². The van der Waals surface area contributed by atoms with Crippen molar-refractivity contribution < 1.29 is 15.0 Å². The van der Waals surface area contributed by atoms with E-state index in [-0.39, 0.29) is 28.3 Å². The maximum absolute atomic E-state index is 11.3. The average Bonchev–Trinajstić information content (AvgIpc) is 2.41. The molecule has 0 amide bonds. The average molecular weight is 317 g/mol. The van der Waals surface area contributed by atoms with E-state index in [1.165, 1.54) is 6.07 Å². The number of rotatable bonds is 4. The monoisotopic (exact) mass is 317 g/mol. The topological polar surface area (TPSA) is 60.8 Å². The minimum absolute atomic E-state index is 0.0216. The highest BCUT2D eigenvalue weighted by Crippen LogP contribution is 2.47. The van der Waals surface area contributed by atoms with E-state index in [9.17, 15) is 15.0 Å². The maximum Gasteiger partial charge on any atom is 0.339 e. The van der Waals surface area contributed by atoms with Crippen molar-refractivity contribution in [2.24, 2.45) is 0 Å². The Morgan fingerprint density at radius 3 is 2.35 bits per heavy atom. The van der Waals surface area contributed by atoms with E-state index in [4.69, 9.17) is 0 Å². The van der Waals surface area contributed by atoms with Gasteiger partial charge in [0.15, 0.2) is 0 Å². The molecule has 1 aromatic carbocycles. The van der Waals surface area contributed by atoms with Crippen LogP contribution in [0.25, 0.3) is 0 Å². The predicted molar refractivity (Wildman–Crippen MR) is 92.1 cm³/mol. The van der Waals surface area contributed by atoms with Gasteiger partial charge in [-0.15, -0.1) is 6.58 Å². The van der Waals surface area contributed by atoms with Crippen LogP contribution in [-0.2, 0) is 0 Å². The Hall–Kier alpha value is -1.81. The van der Waals surface area contributed by atoms with Crippen molar-refractivity contribution in [3.05, 3.63) is 42.0 Å². The Morgan fingerprint density at radius 1 is 1.30 bits per heavy atom. The van der Waals surface area contributed by atoms with E-state index in [2.05, 4.69) is 39.2 Å². The molecule has 126 valence electrons. The zero-order valence-corrected chi connectivity index (χ0v) is 14.5. The molecule has 0 spiro atoms. The Labute approximate surface area is 138 Å². The van der Waals surface area contributed by atoms with Crippen LogP contribution in [0, 0.1) is 0 Å². The van der Waals surface area contributed by atoms with Crippen LogP contribution in [0.4, 0.5) is 0 Å². The lowest BCUT2D eigenvalue weighted by Gasteiger charge is -2.55. The zero-order valence-electron chi connectivity index (χ0n) is 14.5. The molecule has 1 saturated heterocycles. The van der Waals surface area contributed by atoms with Crippen LogP contribution < -0.4 is 0 Å². The predicted octanol–water partition coefficient (Wildman–Crippen LogP) is 4.01. The number of aromatic hydroxyl groups is 1. The third kappa shape index (κ3) is 3.27. The lowest BCUT2D eigenvalue weighted by Crippen LogP contribution is -2.60. The summed E-state index contributed by atoms with van der Waals surface area (Å²) in [4.78, 5) is 13.7. The number of nitrogens with zero attached hydrogens (tertiary/aromatic N) is 1. The quantitative estimate of drug-likeness (QED) is 0.824. The van der Waals surface area contributed by atoms with Crippen molar-refractivity contribution in [2.75, 3.05) is 6.54 Å². The second-order valence-electron chi connectivity index (χ2n) is 7.68. The van der Waals surface area contributed by atoms with Crippen LogP contribution in [0.15, 0.2) is 30.9 Å². The van der Waals surface area contributed by atoms with Crippen molar-refractivity contribution in [3.8, 4) is 5.75 Å². The first-order valence-corrected chi connectivity index (χ1v) is 8.04. The number of benzene rings is 1. The second-order valence-corrected chi connectivity index (χ2v) is 7.68. The fourth-order valence-electron chi connectivity index (χ4n) is 4.22. The Bertz CT molecular complexity index is 601. The zero-order chi connectivity index (χ0) is 17.4. The highest BCUT2D eigenvalue weighted by Gasteiger charge is 2.45. The van der Waals surface area contributed by atoms with Gasteiger partial charge in [-0.25, -0.2) is 4.79 Å². The molecule has 0 atom stereocenters. The Kier molecular flexibility index (Phi) is 4.58. The Balaban J connectivity index is 2.42. The third-order valence-electron chi connectivity index (χ3n) is 5.00. The number of aromatic carboxylic acids is 1. The number of hydrogen-bond acceptors (Lipinski definition) is 3. The molecule has 1 aliphatic rings. The number of para-hydroxylation sites is 1. The molecule has 0 radical (unpaired) electrons. The minimum atomic E-state index is -1.09. The smallest absolute Gasteiger partial charge is 0.339 e.